The highest BCUT2D eigenvalue weighted by Gasteiger charge is 2.23. The largest absolute Gasteiger partial charge is 0.507 e. The number of benzene rings is 2. The van der Waals surface area contributed by atoms with Crippen LogP contribution in [-0.4, -0.2) is 40.3 Å². The number of carbonyl (C=O) groups excluding carboxylic acids is 1. The minimum atomic E-state index is -0.465. The van der Waals surface area contributed by atoms with Gasteiger partial charge in [-0.1, -0.05) is 12.1 Å². The van der Waals surface area contributed by atoms with Crippen LogP contribution >= 0.6 is 0 Å². The topological polar surface area (TPSA) is 85.7 Å². The lowest BCUT2D eigenvalue weighted by Crippen LogP contribution is -2.22. The number of nitrogens with one attached hydrogen (secondary N) is 1. The number of nitrogens with zero attached hydrogens (tertiary/aromatic N) is 2. The number of amides is 1. The Hall–Kier alpha value is -3.45. The number of carbonyl (C=O) groups is 1. The Labute approximate surface area is 173 Å². The number of β-amino-alcohol motifs (C(OH)–C–C–N with tert-alkyl or cyclic N) is 1. The summed E-state index contributed by atoms with van der Waals surface area (Å²) in [7, 11) is 0. The quantitative estimate of drug-likeness (QED) is 0.613. The van der Waals surface area contributed by atoms with Crippen LogP contribution in [0.4, 0.5) is 15.9 Å². The second kappa shape index (κ2) is 8.12. The van der Waals surface area contributed by atoms with Crippen LogP contribution in [0.15, 0.2) is 54.6 Å². The zero-order chi connectivity index (χ0) is 21.3. The van der Waals surface area contributed by atoms with E-state index in [9.17, 15) is 19.4 Å². The molecule has 2 heterocycles. The Kier molecular flexibility index (Phi) is 5.37. The fraction of sp³-hybridized carbons (Fsp3) is 0.217. The first-order valence-corrected chi connectivity index (χ1v) is 9.71. The van der Waals surface area contributed by atoms with Crippen LogP contribution in [0, 0.1) is 5.82 Å². The van der Waals surface area contributed by atoms with E-state index in [1.54, 1.807) is 18.2 Å². The zero-order valence-corrected chi connectivity index (χ0v) is 16.5. The van der Waals surface area contributed by atoms with Gasteiger partial charge in [0.05, 0.1) is 11.8 Å². The van der Waals surface area contributed by atoms with Gasteiger partial charge in [-0.3, -0.25) is 4.79 Å². The summed E-state index contributed by atoms with van der Waals surface area (Å²) in [5.74, 6) is -0.0266. The summed E-state index contributed by atoms with van der Waals surface area (Å²) < 4.78 is 13.8. The Bertz CT molecular complexity index is 1090. The number of pyridine rings is 1. The third-order valence-electron chi connectivity index (χ3n) is 5.07. The van der Waals surface area contributed by atoms with Gasteiger partial charge in [-0.25, -0.2) is 9.37 Å². The summed E-state index contributed by atoms with van der Waals surface area (Å²) in [6, 6.07) is 14.8. The monoisotopic (exact) mass is 407 g/mol. The maximum Gasteiger partial charge on any atom is 0.221 e. The molecule has 2 aromatic carbocycles. The molecule has 0 aliphatic carbocycles. The van der Waals surface area contributed by atoms with E-state index >= 15 is 0 Å². The molecule has 7 heteroatoms. The van der Waals surface area contributed by atoms with Crippen molar-refractivity contribution in [1.29, 1.82) is 0 Å². The summed E-state index contributed by atoms with van der Waals surface area (Å²) in [6.45, 7) is 2.57. The molecule has 1 amide bonds. The smallest absolute Gasteiger partial charge is 0.221 e. The molecule has 1 saturated heterocycles. The minimum Gasteiger partial charge on any atom is -0.507 e. The van der Waals surface area contributed by atoms with Gasteiger partial charge in [-0.2, -0.15) is 0 Å². The van der Waals surface area contributed by atoms with E-state index < -0.39 is 11.9 Å². The molecule has 4 rings (SSSR count). The molecule has 154 valence electrons. The lowest BCUT2D eigenvalue weighted by molar-refractivity contribution is -0.114. The van der Waals surface area contributed by atoms with Gasteiger partial charge < -0.3 is 20.4 Å². The first-order chi connectivity index (χ1) is 14.4. The van der Waals surface area contributed by atoms with Crippen LogP contribution < -0.4 is 10.2 Å². The average molecular weight is 407 g/mol. The molecule has 0 radical (unpaired) electrons. The molecular weight excluding hydrogens is 385 g/mol. The van der Waals surface area contributed by atoms with Crippen molar-refractivity contribution < 1.29 is 19.4 Å². The third-order valence-corrected chi connectivity index (χ3v) is 5.07. The number of aliphatic hydroxyl groups excluding tert-OH is 1. The molecule has 6 nitrogen and oxygen atoms in total. The summed E-state index contributed by atoms with van der Waals surface area (Å²) in [6.07, 6.45) is 0.233. The minimum absolute atomic E-state index is 0.0607. The Balaban J connectivity index is 1.79. The molecule has 3 aromatic rings. The number of hydrogen-bond donors (Lipinski definition) is 3. The van der Waals surface area contributed by atoms with Gasteiger partial charge in [-0.05, 0) is 60.0 Å². The van der Waals surface area contributed by atoms with Crippen molar-refractivity contribution in [2.24, 2.45) is 0 Å². The van der Waals surface area contributed by atoms with Crippen LogP contribution in [0.1, 0.15) is 13.3 Å². The second-order valence-electron chi connectivity index (χ2n) is 7.41. The summed E-state index contributed by atoms with van der Waals surface area (Å²) >= 11 is 0. The molecule has 30 heavy (non-hydrogen) atoms. The summed E-state index contributed by atoms with van der Waals surface area (Å²) in [5, 5.41) is 22.9. The van der Waals surface area contributed by atoms with Gasteiger partial charge in [0.25, 0.3) is 0 Å². The molecule has 1 aromatic heterocycles. The number of hydrogen-bond acceptors (Lipinski definition) is 5. The molecule has 1 aliphatic rings. The molecule has 1 unspecified atom stereocenters. The van der Waals surface area contributed by atoms with Crippen molar-refractivity contribution in [3.8, 4) is 28.1 Å². The third kappa shape index (κ3) is 4.26. The fourth-order valence-electron chi connectivity index (χ4n) is 3.60. The fourth-order valence-corrected chi connectivity index (χ4v) is 3.60. The van der Waals surface area contributed by atoms with Crippen LogP contribution in [0.2, 0.25) is 0 Å². The highest BCUT2D eigenvalue weighted by atomic mass is 19.1. The van der Waals surface area contributed by atoms with Crippen molar-refractivity contribution in [3.63, 3.8) is 0 Å². The van der Waals surface area contributed by atoms with E-state index in [2.05, 4.69) is 10.3 Å². The standard InChI is InChI=1S/C23H22FN3O3/c1-14(28)25-18-5-2-15(3-6-18)16-10-21(20-12-17(24)4-7-22(20)30)26-23(11-16)27-9-8-19(29)13-27/h2-7,10-12,19,29-30H,8-9,13H2,1H3,(H,25,28). The van der Waals surface area contributed by atoms with E-state index in [0.717, 1.165) is 11.1 Å². The molecule has 1 aliphatic heterocycles. The number of aliphatic hydroxyl groups is 1. The first kappa shape index (κ1) is 19.8. The predicted octanol–water partition coefficient (Wildman–Crippen LogP) is 3.79. The molecule has 3 N–H and O–H groups in total. The normalized spacial score (nSPS) is 16.0. The van der Waals surface area contributed by atoms with Crippen molar-refractivity contribution in [2.45, 2.75) is 19.4 Å². The number of halogens is 1. The SMILES string of the molecule is CC(=O)Nc1ccc(-c2cc(-c3cc(F)ccc3O)nc(N3CCC(O)C3)c2)cc1. The maximum atomic E-state index is 13.8. The summed E-state index contributed by atoms with van der Waals surface area (Å²) in [5.41, 5.74) is 3.13. The molecule has 1 atom stereocenters. The van der Waals surface area contributed by atoms with Gasteiger partial charge in [0.1, 0.15) is 17.4 Å². The van der Waals surface area contributed by atoms with Crippen LogP contribution in [0.5, 0.6) is 5.75 Å². The van der Waals surface area contributed by atoms with E-state index in [4.69, 9.17) is 0 Å². The lowest BCUT2D eigenvalue weighted by Gasteiger charge is -2.19. The van der Waals surface area contributed by atoms with E-state index in [0.29, 0.717) is 42.3 Å². The van der Waals surface area contributed by atoms with Crippen LogP contribution in [0.25, 0.3) is 22.4 Å². The predicted molar refractivity (Wildman–Crippen MR) is 114 cm³/mol. The van der Waals surface area contributed by atoms with E-state index in [1.165, 1.54) is 25.1 Å². The number of aromatic hydroxyl groups is 1. The maximum absolute atomic E-state index is 13.8. The average Bonchev–Trinajstić information content (AvgIpc) is 3.16. The Morgan fingerprint density at radius 1 is 1.13 bits per heavy atom. The first-order valence-electron chi connectivity index (χ1n) is 9.71. The highest BCUT2D eigenvalue weighted by Crippen LogP contribution is 2.35. The Morgan fingerprint density at radius 3 is 2.57 bits per heavy atom. The number of anilines is 2. The molecule has 0 saturated carbocycles. The number of phenols is 1. The molecular formula is C23H22FN3O3. The van der Waals surface area contributed by atoms with Crippen molar-refractivity contribution >= 4 is 17.4 Å². The molecule has 1 fully saturated rings. The van der Waals surface area contributed by atoms with Crippen molar-refractivity contribution in [2.75, 3.05) is 23.3 Å². The van der Waals surface area contributed by atoms with E-state index in [1.807, 2.05) is 23.1 Å². The van der Waals surface area contributed by atoms with Crippen LogP contribution in [-0.2, 0) is 4.79 Å². The molecule has 0 bridgehead atoms. The second-order valence-corrected chi connectivity index (χ2v) is 7.41. The van der Waals surface area contributed by atoms with Crippen molar-refractivity contribution in [3.05, 3.63) is 60.4 Å². The summed E-state index contributed by atoms with van der Waals surface area (Å²) in [4.78, 5) is 17.9. The number of rotatable bonds is 4. The Morgan fingerprint density at radius 2 is 1.90 bits per heavy atom. The van der Waals surface area contributed by atoms with Gasteiger partial charge in [0.2, 0.25) is 5.91 Å². The van der Waals surface area contributed by atoms with Gasteiger partial charge in [-0.15, -0.1) is 0 Å². The van der Waals surface area contributed by atoms with Gasteiger partial charge in [0, 0.05) is 31.3 Å². The highest BCUT2D eigenvalue weighted by molar-refractivity contribution is 5.89. The van der Waals surface area contributed by atoms with Gasteiger partial charge >= 0.3 is 0 Å². The number of phenolic OH excluding ortho intramolecular Hbond substituents is 1. The number of aromatic nitrogens is 1. The van der Waals surface area contributed by atoms with Crippen molar-refractivity contribution in [1.82, 2.24) is 4.98 Å². The van der Waals surface area contributed by atoms with Gasteiger partial charge in [0.15, 0.2) is 0 Å². The lowest BCUT2D eigenvalue weighted by atomic mass is 10.0. The zero-order valence-electron chi connectivity index (χ0n) is 16.5. The van der Waals surface area contributed by atoms with Crippen LogP contribution in [0.3, 0.4) is 0 Å². The van der Waals surface area contributed by atoms with E-state index in [-0.39, 0.29) is 11.7 Å². The molecule has 0 spiro atoms.